The minimum atomic E-state index is -4.20. The molecule has 44 heavy (non-hydrogen) atoms. The Balaban J connectivity index is 1.51. The molecule has 0 saturated heterocycles. The maximum Gasteiger partial charge on any atom is 0.264 e. The number of carbonyl (C=O) groups is 2. The molecule has 0 radical (unpaired) electrons. The van der Waals surface area contributed by atoms with Crippen LogP contribution in [0.1, 0.15) is 51.0 Å². The summed E-state index contributed by atoms with van der Waals surface area (Å²) in [7, 11) is -4.20. The lowest BCUT2D eigenvalue weighted by atomic mass is 9.95. The van der Waals surface area contributed by atoms with E-state index >= 15 is 0 Å². The molecule has 0 spiro atoms. The van der Waals surface area contributed by atoms with Crippen molar-refractivity contribution in [3.8, 4) is 11.5 Å². The number of fused-ring (bicyclic) bond motifs is 1. The van der Waals surface area contributed by atoms with Gasteiger partial charge in [0.05, 0.1) is 10.6 Å². The van der Waals surface area contributed by atoms with Gasteiger partial charge in [0.2, 0.25) is 11.8 Å². The van der Waals surface area contributed by atoms with Crippen molar-refractivity contribution in [3.63, 3.8) is 0 Å². The second kappa shape index (κ2) is 14.3. The van der Waals surface area contributed by atoms with Gasteiger partial charge >= 0.3 is 0 Å². The SMILES string of the molecule is CC[C@H](C(=O)NC1CCCCC1)N(Cc1ccccc1Cl)C(=O)CN(c1ccc2c(c1)OCCO2)S(=O)(=O)c1ccccc1. The predicted octanol–water partition coefficient (Wildman–Crippen LogP) is 5.56. The molecule has 5 rings (SSSR count). The Kier molecular flexibility index (Phi) is 10.3. The number of benzene rings is 3. The molecule has 2 amide bonds. The minimum Gasteiger partial charge on any atom is -0.486 e. The highest BCUT2D eigenvalue weighted by Gasteiger charge is 2.35. The monoisotopic (exact) mass is 639 g/mol. The number of hydrogen-bond donors (Lipinski definition) is 1. The molecule has 0 bridgehead atoms. The van der Waals surface area contributed by atoms with Gasteiger partial charge in [0.1, 0.15) is 25.8 Å². The number of hydrogen-bond acceptors (Lipinski definition) is 6. The number of sulfonamides is 1. The summed E-state index contributed by atoms with van der Waals surface area (Å²) in [5, 5.41) is 3.61. The van der Waals surface area contributed by atoms with Gasteiger partial charge in [-0.3, -0.25) is 13.9 Å². The number of ether oxygens (including phenoxy) is 2. The van der Waals surface area contributed by atoms with Gasteiger partial charge in [0.25, 0.3) is 10.0 Å². The van der Waals surface area contributed by atoms with E-state index in [0.29, 0.717) is 41.7 Å². The zero-order chi connectivity index (χ0) is 31.1. The van der Waals surface area contributed by atoms with Crippen molar-refractivity contribution in [3.05, 3.63) is 83.4 Å². The molecule has 3 aromatic rings. The second-order valence-electron chi connectivity index (χ2n) is 11.0. The number of rotatable bonds is 11. The molecule has 3 aromatic carbocycles. The first kappa shape index (κ1) is 31.7. The zero-order valence-electron chi connectivity index (χ0n) is 24.8. The molecule has 234 valence electrons. The van der Waals surface area contributed by atoms with Crippen molar-refractivity contribution in [1.29, 1.82) is 0 Å². The summed E-state index contributed by atoms with van der Waals surface area (Å²) >= 11 is 6.51. The van der Waals surface area contributed by atoms with Gasteiger partial charge < -0.3 is 19.7 Å². The Morgan fingerprint density at radius 3 is 2.32 bits per heavy atom. The third-order valence-electron chi connectivity index (χ3n) is 8.06. The molecule has 0 aromatic heterocycles. The maximum atomic E-state index is 14.3. The number of nitrogens with zero attached hydrogens (tertiary/aromatic N) is 2. The Labute approximate surface area is 264 Å². The van der Waals surface area contributed by atoms with Crippen molar-refractivity contribution >= 4 is 39.1 Å². The van der Waals surface area contributed by atoms with Crippen molar-refractivity contribution < 1.29 is 27.5 Å². The minimum absolute atomic E-state index is 0.0300. The molecule has 1 saturated carbocycles. The van der Waals surface area contributed by atoms with Gasteiger partial charge in [-0.15, -0.1) is 0 Å². The van der Waals surface area contributed by atoms with Gasteiger partial charge in [-0.1, -0.05) is 74.2 Å². The first-order valence-corrected chi connectivity index (χ1v) is 16.9. The molecule has 1 fully saturated rings. The predicted molar refractivity (Wildman–Crippen MR) is 170 cm³/mol. The van der Waals surface area contributed by atoms with Crippen LogP contribution in [0.5, 0.6) is 11.5 Å². The lowest BCUT2D eigenvalue weighted by Crippen LogP contribution is -2.54. The van der Waals surface area contributed by atoms with E-state index in [1.165, 1.54) is 17.0 Å². The Bertz CT molecular complexity index is 1560. The summed E-state index contributed by atoms with van der Waals surface area (Å²) in [6, 6.07) is 19.1. The molecule has 2 aliphatic rings. The first-order valence-electron chi connectivity index (χ1n) is 15.1. The lowest BCUT2D eigenvalue weighted by molar-refractivity contribution is -0.140. The molecule has 11 heteroatoms. The van der Waals surface area contributed by atoms with Crippen molar-refractivity contribution in [2.45, 2.75) is 69.0 Å². The highest BCUT2D eigenvalue weighted by atomic mass is 35.5. The van der Waals surface area contributed by atoms with E-state index in [2.05, 4.69) is 5.32 Å². The third-order valence-corrected chi connectivity index (χ3v) is 10.2. The summed E-state index contributed by atoms with van der Waals surface area (Å²) in [5.74, 6) is 0.0939. The largest absolute Gasteiger partial charge is 0.486 e. The molecule has 1 aliphatic carbocycles. The average molecular weight is 640 g/mol. The van der Waals surface area contributed by atoms with E-state index in [-0.39, 0.29) is 29.1 Å². The fraction of sp³-hybridized carbons (Fsp3) is 0.394. The fourth-order valence-electron chi connectivity index (χ4n) is 5.71. The quantitative estimate of drug-likeness (QED) is 0.294. The molecule has 1 aliphatic heterocycles. The van der Waals surface area contributed by atoms with Crippen molar-refractivity contribution in [2.75, 3.05) is 24.1 Å². The van der Waals surface area contributed by atoms with Crippen LogP contribution in [0.3, 0.4) is 0 Å². The number of halogens is 1. The topological polar surface area (TPSA) is 105 Å². The van der Waals surface area contributed by atoms with Gasteiger partial charge in [0.15, 0.2) is 11.5 Å². The smallest absolute Gasteiger partial charge is 0.264 e. The van der Waals surface area contributed by atoms with Gasteiger partial charge in [0, 0.05) is 23.7 Å². The summed E-state index contributed by atoms with van der Waals surface area (Å²) in [6.45, 7) is 2.04. The summed E-state index contributed by atoms with van der Waals surface area (Å²) in [6.07, 6.45) is 5.37. The molecular formula is C33H38ClN3O6S. The number of amides is 2. The van der Waals surface area contributed by atoms with Gasteiger partial charge in [-0.05, 0) is 55.2 Å². The van der Waals surface area contributed by atoms with Crippen molar-refractivity contribution in [1.82, 2.24) is 10.2 Å². The molecule has 1 atom stereocenters. The van der Waals surface area contributed by atoms with Crippen LogP contribution in [-0.4, -0.2) is 57.0 Å². The van der Waals surface area contributed by atoms with Crippen molar-refractivity contribution in [2.24, 2.45) is 0 Å². The third kappa shape index (κ3) is 7.30. The molecule has 0 unspecified atom stereocenters. The van der Waals surface area contributed by atoms with Crippen LogP contribution in [0.4, 0.5) is 5.69 Å². The number of carbonyl (C=O) groups excluding carboxylic acids is 2. The Hall–Kier alpha value is -3.76. The molecule has 9 nitrogen and oxygen atoms in total. The number of anilines is 1. The van der Waals surface area contributed by atoms with E-state index in [0.717, 1.165) is 36.4 Å². The van der Waals surface area contributed by atoms with Gasteiger partial charge in [-0.2, -0.15) is 0 Å². The second-order valence-corrected chi connectivity index (χ2v) is 13.3. The standard InChI is InChI=1S/C33H38ClN3O6S/c1-2-29(33(39)35-25-12-5-3-6-13-25)36(22-24-11-9-10-16-28(24)34)32(38)23-37(44(40,41)27-14-7-4-8-15-27)26-17-18-30-31(21-26)43-20-19-42-30/h4,7-11,14-18,21,25,29H,2-3,5-6,12-13,19-20,22-23H2,1H3,(H,35,39)/t29-/m1/s1. The van der Waals surface area contributed by atoms with Crippen LogP contribution in [-0.2, 0) is 26.2 Å². The first-order chi connectivity index (χ1) is 21.3. The van der Waals surface area contributed by atoms with Crippen LogP contribution < -0.4 is 19.1 Å². The average Bonchev–Trinajstić information content (AvgIpc) is 3.05. The molecular weight excluding hydrogens is 602 g/mol. The van der Waals surface area contributed by atoms with Crippen LogP contribution in [0.25, 0.3) is 0 Å². The summed E-state index contributed by atoms with van der Waals surface area (Å²) in [4.78, 5) is 29.5. The molecule has 1 N–H and O–H groups in total. The summed E-state index contributed by atoms with van der Waals surface area (Å²) < 4.78 is 40.6. The van der Waals surface area contributed by atoms with E-state index < -0.39 is 28.5 Å². The maximum absolute atomic E-state index is 14.3. The highest BCUT2D eigenvalue weighted by molar-refractivity contribution is 7.92. The Morgan fingerprint density at radius 1 is 0.932 bits per heavy atom. The van der Waals surface area contributed by atoms with E-state index in [1.807, 2.05) is 13.0 Å². The fourth-order valence-corrected chi connectivity index (χ4v) is 7.33. The van der Waals surface area contributed by atoms with Crippen LogP contribution in [0, 0.1) is 0 Å². The zero-order valence-corrected chi connectivity index (χ0v) is 26.4. The normalized spacial score (nSPS) is 15.7. The van der Waals surface area contributed by atoms with E-state index in [4.69, 9.17) is 21.1 Å². The number of nitrogens with one attached hydrogen (secondary N) is 1. The van der Waals surface area contributed by atoms with Gasteiger partial charge in [-0.25, -0.2) is 8.42 Å². The highest BCUT2D eigenvalue weighted by Crippen LogP contribution is 2.36. The van der Waals surface area contributed by atoms with Crippen LogP contribution in [0.2, 0.25) is 5.02 Å². The van der Waals surface area contributed by atoms with Crippen LogP contribution in [0.15, 0.2) is 77.7 Å². The summed E-state index contributed by atoms with van der Waals surface area (Å²) in [5.41, 5.74) is 0.895. The van der Waals surface area contributed by atoms with Crippen LogP contribution >= 0.6 is 11.6 Å². The van der Waals surface area contributed by atoms with E-state index in [9.17, 15) is 18.0 Å². The molecule has 1 heterocycles. The lowest BCUT2D eigenvalue weighted by Gasteiger charge is -2.34. The van der Waals surface area contributed by atoms with E-state index in [1.54, 1.807) is 54.6 Å². The Morgan fingerprint density at radius 2 is 1.61 bits per heavy atom.